The van der Waals surface area contributed by atoms with Crippen LogP contribution in [-0.2, 0) is 0 Å². The van der Waals surface area contributed by atoms with Crippen LogP contribution in [0.15, 0.2) is 18.3 Å². The Labute approximate surface area is 110 Å². The normalized spacial score (nSPS) is 19.3. The Bertz CT molecular complexity index is 371. The molecule has 3 heteroatoms. The number of hydrogen-bond acceptors (Lipinski definition) is 3. The number of anilines is 1. The SMILES string of the molecule is C[C@H](O)c1cccnc1N(C)C1CCCCCC1. The van der Waals surface area contributed by atoms with Gasteiger partial charge in [0.05, 0.1) is 6.10 Å². The van der Waals surface area contributed by atoms with E-state index in [4.69, 9.17) is 0 Å². The van der Waals surface area contributed by atoms with E-state index in [9.17, 15) is 5.11 Å². The van der Waals surface area contributed by atoms with E-state index in [1.807, 2.05) is 18.3 Å². The molecule has 1 N–H and O–H groups in total. The lowest BCUT2D eigenvalue weighted by molar-refractivity contribution is 0.199. The predicted octanol–water partition coefficient (Wildman–Crippen LogP) is 3.29. The molecule has 1 heterocycles. The van der Waals surface area contributed by atoms with Crippen molar-refractivity contribution in [1.29, 1.82) is 0 Å². The predicted molar refractivity (Wildman–Crippen MR) is 74.8 cm³/mol. The number of pyridine rings is 1. The van der Waals surface area contributed by atoms with Crippen molar-refractivity contribution in [2.45, 2.75) is 57.6 Å². The molecule has 0 unspecified atom stereocenters. The lowest BCUT2D eigenvalue weighted by Crippen LogP contribution is -2.32. The molecule has 100 valence electrons. The van der Waals surface area contributed by atoms with E-state index in [2.05, 4.69) is 16.9 Å². The highest BCUT2D eigenvalue weighted by atomic mass is 16.3. The van der Waals surface area contributed by atoms with Gasteiger partial charge in [-0.15, -0.1) is 0 Å². The van der Waals surface area contributed by atoms with E-state index in [1.165, 1.54) is 38.5 Å². The average molecular weight is 248 g/mol. The summed E-state index contributed by atoms with van der Waals surface area (Å²) in [5.41, 5.74) is 0.934. The Morgan fingerprint density at radius 1 is 1.28 bits per heavy atom. The van der Waals surface area contributed by atoms with E-state index in [-0.39, 0.29) is 0 Å². The third kappa shape index (κ3) is 3.02. The number of aliphatic hydroxyl groups excluding tert-OH is 1. The Morgan fingerprint density at radius 3 is 2.56 bits per heavy atom. The number of aromatic nitrogens is 1. The van der Waals surface area contributed by atoms with Gasteiger partial charge in [0.15, 0.2) is 0 Å². The van der Waals surface area contributed by atoms with Gasteiger partial charge in [-0.25, -0.2) is 4.98 Å². The van der Waals surface area contributed by atoms with Crippen LogP contribution in [0.3, 0.4) is 0 Å². The van der Waals surface area contributed by atoms with Crippen molar-refractivity contribution in [3.63, 3.8) is 0 Å². The quantitative estimate of drug-likeness (QED) is 0.834. The van der Waals surface area contributed by atoms with E-state index in [0.717, 1.165) is 11.4 Å². The van der Waals surface area contributed by atoms with Crippen molar-refractivity contribution in [2.24, 2.45) is 0 Å². The highest BCUT2D eigenvalue weighted by Gasteiger charge is 2.21. The Morgan fingerprint density at radius 2 is 1.94 bits per heavy atom. The zero-order valence-corrected chi connectivity index (χ0v) is 11.5. The molecular weight excluding hydrogens is 224 g/mol. The van der Waals surface area contributed by atoms with Crippen molar-refractivity contribution in [1.82, 2.24) is 4.98 Å². The lowest BCUT2D eigenvalue weighted by Gasteiger charge is -2.30. The fraction of sp³-hybridized carbons (Fsp3) is 0.667. The summed E-state index contributed by atoms with van der Waals surface area (Å²) in [6, 6.07) is 4.44. The summed E-state index contributed by atoms with van der Waals surface area (Å²) in [6.07, 6.45) is 9.18. The molecule has 1 fully saturated rings. The molecule has 0 aromatic carbocycles. The average Bonchev–Trinajstić information content (AvgIpc) is 2.66. The summed E-state index contributed by atoms with van der Waals surface area (Å²) in [7, 11) is 2.12. The molecule has 1 aliphatic carbocycles. The van der Waals surface area contributed by atoms with Crippen LogP contribution in [0.4, 0.5) is 5.82 Å². The lowest BCUT2D eigenvalue weighted by atomic mass is 10.1. The zero-order chi connectivity index (χ0) is 13.0. The molecule has 18 heavy (non-hydrogen) atoms. The zero-order valence-electron chi connectivity index (χ0n) is 11.5. The van der Waals surface area contributed by atoms with Gasteiger partial charge in [0.1, 0.15) is 5.82 Å². The van der Waals surface area contributed by atoms with Gasteiger partial charge < -0.3 is 10.0 Å². The Hall–Kier alpha value is -1.09. The fourth-order valence-electron chi connectivity index (χ4n) is 2.85. The van der Waals surface area contributed by atoms with Crippen molar-refractivity contribution >= 4 is 5.82 Å². The largest absolute Gasteiger partial charge is 0.389 e. The second-order valence-corrected chi connectivity index (χ2v) is 5.35. The second-order valence-electron chi connectivity index (χ2n) is 5.35. The van der Waals surface area contributed by atoms with Crippen molar-refractivity contribution in [2.75, 3.05) is 11.9 Å². The van der Waals surface area contributed by atoms with Crippen LogP contribution in [0.25, 0.3) is 0 Å². The summed E-state index contributed by atoms with van der Waals surface area (Å²) in [6.45, 7) is 1.81. The van der Waals surface area contributed by atoms with Crippen LogP contribution < -0.4 is 4.90 Å². The maximum absolute atomic E-state index is 9.84. The molecule has 1 aliphatic rings. The van der Waals surface area contributed by atoms with Crippen LogP contribution in [0, 0.1) is 0 Å². The number of hydrogen-bond donors (Lipinski definition) is 1. The molecule has 2 rings (SSSR count). The van der Waals surface area contributed by atoms with E-state index in [1.54, 1.807) is 6.92 Å². The molecule has 0 amide bonds. The van der Waals surface area contributed by atoms with E-state index in [0.29, 0.717) is 6.04 Å². The third-order valence-electron chi connectivity index (χ3n) is 3.97. The number of aliphatic hydroxyl groups is 1. The van der Waals surface area contributed by atoms with Crippen molar-refractivity contribution in [3.8, 4) is 0 Å². The Balaban J connectivity index is 2.19. The molecule has 1 aromatic heterocycles. The second kappa shape index (κ2) is 6.19. The molecule has 0 aliphatic heterocycles. The van der Waals surface area contributed by atoms with Crippen LogP contribution >= 0.6 is 0 Å². The summed E-state index contributed by atoms with van der Waals surface area (Å²) in [4.78, 5) is 6.74. The number of nitrogens with zero attached hydrogens (tertiary/aromatic N) is 2. The minimum Gasteiger partial charge on any atom is -0.389 e. The molecule has 1 saturated carbocycles. The maximum atomic E-state index is 9.84. The molecule has 0 radical (unpaired) electrons. The van der Waals surface area contributed by atoms with E-state index >= 15 is 0 Å². The van der Waals surface area contributed by atoms with E-state index < -0.39 is 6.10 Å². The molecule has 0 bridgehead atoms. The monoisotopic (exact) mass is 248 g/mol. The minimum atomic E-state index is -0.457. The first-order valence-corrected chi connectivity index (χ1v) is 7.06. The van der Waals surface area contributed by atoms with Gasteiger partial charge in [-0.1, -0.05) is 31.7 Å². The fourth-order valence-corrected chi connectivity index (χ4v) is 2.85. The molecule has 3 nitrogen and oxygen atoms in total. The summed E-state index contributed by atoms with van der Waals surface area (Å²) in [5, 5.41) is 9.84. The van der Waals surface area contributed by atoms with Crippen LogP contribution in [0.5, 0.6) is 0 Å². The van der Waals surface area contributed by atoms with Crippen LogP contribution in [-0.4, -0.2) is 23.2 Å². The third-order valence-corrected chi connectivity index (χ3v) is 3.97. The van der Waals surface area contributed by atoms with Gasteiger partial charge in [-0.3, -0.25) is 0 Å². The van der Waals surface area contributed by atoms with Crippen molar-refractivity contribution in [3.05, 3.63) is 23.9 Å². The van der Waals surface area contributed by atoms with Crippen molar-refractivity contribution < 1.29 is 5.11 Å². The van der Waals surface area contributed by atoms with Gasteiger partial charge in [0.25, 0.3) is 0 Å². The standard InChI is InChI=1S/C15H24N2O/c1-12(18)14-10-7-11-16-15(14)17(2)13-8-5-3-4-6-9-13/h7,10-13,18H,3-6,8-9H2,1-2H3/t12-/m0/s1. The topological polar surface area (TPSA) is 36.4 Å². The summed E-state index contributed by atoms with van der Waals surface area (Å²) in [5.74, 6) is 0.944. The van der Waals surface area contributed by atoms with Crippen LogP contribution in [0.1, 0.15) is 57.1 Å². The first-order valence-electron chi connectivity index (χ1n) is 7.06. The van der Waals surface area contributed by atoms with Gasteiger partial charge in [-0.05, 0) is 25.8 Å². The van der Waals surface area contributed by atoms with Gasteiger partial charge in [-0.2, -0.15) is 0 Å². The summed E-state index contributed by atoms with van der Waals surface area (Å²) >= 11 is 0. The smallest absolute Gasteiger partial charge is 0.134 e. The highest BCUT2D eigenvalue weighted by molar-refractivity contribution is 5.48. The Kier molecular flexibility index (Phi) is 4.59. The minimum absolute atomic E-state index is 0.457. The number of rotatable bonds is 3. The van der Waals surface area contributed by atoms with Gasteiger partial charge in [0.2, 0.25) is 0 Å². The molecule has 1 atom stereocenters. The molecular formula is C15H24N2O. The maximum Gasteiger partial charge on any atom is 0.134 e. The van der Waals surface area contributed by atoms with Gasteiger partial charge in [0, 0.05) is 24.8 Å². The van der Waals surface area contributed by atoms with Gasteiger partial charge >= 0.3 is 0 Å². The first kappa shape index (κ1) is 13.3. The summed E-state index contributed by atoms with van der Waals surface area (Å²) < 4.78 is 0. The van der Waals surface area contributed by atoms with Crippen LogP contribution in [0.2, 0.25) is 0 Å². The highest BCUT2D eigenvalue weighted by Crippen LogP contribution is 2.28. The molecule has 0 spiro atoms. The molecule has 1 aromatic rings. The molecule has 0 saturated heterocycles. The first-order chi connectivity index (χ1) is 8.70.